The number of aryl methyl sites for hydroxylation is 1. The lowest BCUT2D eigenvalue weighted by atomic mass is 9.75. The summed E-state index contributed by atoms with van der Waals surface area (Å²) in [6.45, 7) is 3.23. The van der Waals surface area contributed by atoms with Gasteiger partial charge in [0, 0.05) is 31.7 Å². The lowest BCUT2D eigenvalue weighted by Gasteiger charge is -2.46. The highest BCUT2D eigenvalue weighted by atomic mass is 19.1. The predicted octanol–water partition coefficient (Wildman–Crippen LogP) is 2.80. The smallest absolute Gasteiger partial charge is 0.141 e. The summed E-state index contributed by atoms with van der Waals surface area (Å²) < 4.78 is 13.3. The molecule has 29 heavy (non-hydrogen) atoms. The van der Waals surface area contributed by atoms with Gasteiger partial charge in [0.05, 0.1) is 23.4 Å². The van der Waals surface area contributed by atoms with Gasteiger partial charge in [0.25, 0.3) is 0 Å². The van der Waals surface area contributed by atoms with Crippen LogP contribution in [0.1, 0.15) is 29.5 Å². The number of aliphatic hydroxyl groups is 1. The van der Waals surface area contributed by atoms with Crippen LogP contribution in [0.4, 0.5) is 4.39 Å². The lowest BCUT2D eigenvalue weighted by Crippen LogP contribution is -2.53. The number of halogens is 1. The molecule has 3 rings (SSSR count). The van der Waals surface area contributed by atoms with E-state index in [1.54, 1.807) is 18.3 Å². The van der Waals surface area contributed by atoms with E-state index >= 15 is 0 Å². The highest BCUT2D eigenvalue weighted by molar-refractivity contribution is 5.36. The summed E-state index contributed by atoms with van der Waals surface area (Å²) >= 11 is 0. The molecule has 6 heteroatoms. The summed E-state index contributed by atoms with van der Waals surface area (Å²) in [5.74, 6) is -0.257. The van der Waals surface area contributed by atoms with Gasteiger partial charge in [-0.25, -0.2) is 4.39 Å². The third-order valence-electron chi connectivity index (χ3n) is 5.74. The Morgan fingerprint density at radius 3 is 2.90 bits per heavy atom. The minimum atomic E-state index is -0.944. The van der Waals surface area contributed by atoms with Crippen LogP contribution < -0.4 is 0 Å². The van der Waals surface area contributed by atoms with Crippen LogP contribution in [-0.2, 0) is 12.0 Å². The van der Waals surface area contributed by atoms with Crippen LogP contribution >= 0.6 is 0 Å². The first-order valence-electron chi connectivity index (χ1n) is 10.1. The Hall–Kier alpha value is -2.33. The number of rotatable bonds is 7. The van der Waals surface area contributed by atoms with Gasteiger partial charge in [0.1, 0.15) is 5.82 Å². The number of benzene rings is 1. The van der Waals surface area contributed by atoms with Crippen LogP contribution in [0.25, 0.3) is 0 Å². The zero-order chi connectivity index (χ0) is 20.9. The van der Waals surface area contributed by atoms with Crippen LogP contribution in [0.2, 0.25) is 0 Å². The molecule has 1 fully saturated rings. The fourth-order valence-corrected chi connectivity index (χ4v) is 4.28. The molecule has 1 aliphatic heterocycles. The summed E-state index contributed by atoms with van der Waals surface area (Å²) in [4.78, 5) is 8.39. The van der Waals surface area contributed by atoms with E-state index < -0.39 is 5.60 Å². The van der Waals surface area contributed by atoms with Crippen molar-refractivity contribution in [1.82, 2.24) is 14.8 Å². The molecule has 0 bridgehead atoms. The van der Waals surface area contributed by atoms with Crippen LogP contribution in [0.3, 0.4) is 0 Å². The van der Waals surface area contributed by atoms with Crippen molar-refractivity contribution in [2.24, 2.45) is 5.92 Å². The largest absolute Gasteiger partial charge is 0.385 e. The molecule has 1 aromatic heterocycles. The number of hydrogen-bond acceptors (Lipinski definition) is 5. The Balaban J connectivity index is 1.67. The Kier molecular flexibility index (Phi) is 6.96. The van der Waals surface area contributed by atoms with E-state index in [4.69, 9.17) is 0 Å². The van der Waals surface area contributed by atoms with Crippen molar-refractivity contribution in [2.45, 2.75) is 24.9 Å². The summed E-state index contributed by atoms with van der Waals surface area (Å²) in [7, 11) is 4.03. The first-order valence-corrected chi connectivity index (χ1v) is 10.1. The number of aromatic nitrogens is 1. The molecule has 1 N–H and O–H groups in total. The van der Waals surface area contributed by atoms with Gasteiger partial charge in [-0.3, -0.25) is 4.98 Å². The van der Waals surface area contributed by atoms with Gasteiger partial charge in [-0.15, -0.1) is 0 Å². The monoisotopic (exact) mass is 396 g/mol. The maximum atomic E-state index is 13.3. The fourth-order valence-electron chi connectivity index (χ4n) is 4.28. The molecule has 0 saturated carbocycles. The third kappa shape index (κ3) is 5.39. The lowest BCUT2D eigenvalue weighted by molar-refractivity contribution is -0.0846. The quantitative estimate of drug-likeness (QED) is 0.780. The molecule has 0 aliphatic carbocycles. The molecule has 2 heterocycles. The highest BCUT2D eigenvalue weighted by Gasteiger charge is 2.42. The van der Waals surface area contributed by atoms with Crippen molar-refractivity contribution in [2.75, 3.05) is 40.3 Å². The number of nitrogens with zero attached hydrogens (tertiary/aromatic N) is 4. The molecule has 0 amide bonds. The van der Waals surface area contributed by atoms with E-state index in [1.807, 2.05) is 32.3 Å². The number of hydrogen-bond donors (Lipinski definition) is 1. The molecule has 0 unspecified atom stereocenters. The molecule has 2 atom stereocenters. The van der Waals surface area contributed by atoms with E-state index in [0.29, 0.717) is 12.0 Å². The maximum absolute atomic E-state index is 13.3. The summed E-state index contributed by atoms with van der Waals surface area (Å²) in [5.41, 5.74) is 1.37. The highest BCUT2D eigenvalue weighted by Crippen LogP contribution is 2.38. The Labute approximate surface area is 172 Å². The predicted molar refractivity (Wildman–Crippen MR) is 111 cm³/mol. The molecule has 0 spiro atoms. The topological polar surface area (TPSA) is 63.4 Å². The molecule has 2 aromatic rings. The van der Waals surface area contributed by atoms with Gasteiger partial charge in [-0.05, 0) is 69.2 Å². The molecule has 0 radical (unpaired) electrons. The Morgan fingerprint density at radius 2 is 2.17 bits per heavy atom. The van der Waals surface area contributed by atoms with E-state index in [1.165, 1.54) is 6.20 Å². The second-order valence-electron chi connectivity index (χ2n) is 8.24. The van der Waals surface area contributed by atoms with Crippen LogP contribution in [0.15, 0.2) is 42.7 Å². The Morgan fingerprint density at radius 1 is 1.34 bits per heavy atom. The van der Waals surface area contributed by atoms with Gasteiger partial charge in [0.2, 0.25) is 0 Å². The minimum absolute atomic E-state index is 0.0380. The summed E-state index contributed by atoms with van der Waals surface area (Å²) in [6.07, 6.45) is 5.27. The molecular weight excluding hydrogens is 367 g/mol. The van der Waals surface area contributed by atoms with Gasteiger partial charge < -0.3 is 14.9 Å². The van der Waals surface area contributed by atoms with Crippen molar-refractivity contribution in [3.8, 4) is 6.07 Å². The molecule has 5 nitrogen and oxygen atoms in total. The molecule has 154 valence electrons. The van der Waals surface area contributed by atoms with Crippen molar-refractivity contribution in [3.05, 3.63) is 65.2 Å². The first kappa shape index (κ1) is 21.4. The maximum Gasteiger partial charge on any atom is 0.141 e. The normalized spacial score (nSPS) is 22.6. The van der Waals surface area contributed by atoms with Gasteiger partial charge in [0.15, 0.2) is 0 Å². The standard InChI is InChI=1S/C23H29FN4O/c1-27(2)16-21-17-28(9-4-6-19-12-22(24)15-26-14-19)10-8-23(21,29)20-7-3-5-18(11-20)13-25/h3,5,7,11-12,14-15,21,29H,4,6,8-10,16-17H2,1-2H3/t21-,23-/m0/s1. The third-order valence-corrected chi connectivity index (χ3v) is 5.74. The zero-order valence-electron chi connectivity index (χ0n) is 17.2. The van der Waals surface area contributed by atoms with E-state index in [2.05, 4.69) is 20.9 Å². The molecule has 1 aliphatic rings. The van der Waals surface area contributed by atoms with Gasteiger partial charge in [-0.2, -0.15) is 5.26 Å². The Bertz CT molecular complexity index is 866. The van der Waals surface area contributed by atoms with Crippen molar-refractivity contribution < 1.29 is 9.50 Å². The van der Waals surface area contributed by atoms with Crippen molar-refractivity contribution in [3.63, 3.8) is 0 Å². The molecule has 1 aromatic carbocycles. The van der Waals surface area contributed by atoms with E-state index in [0.717, 1.165) is 50.1 Å². The van der Waals surface area contributed by atoms with Crippen molar-refractivity contribution >= 4 is 0 Å². The van der Waals surface area contributed by atoms with Crippen molar-refractivity contribution in [1.29, 1.82) is 5.26 Å². The molecular formula is C23H29FN4O. The SMILES string of the molecule is CN(C)C[C@H]1CN(CCCc2cncc(F)c2)CC[C@]1(O)c1cccc(C#N)c1. The minimum Gasteiger partial charge on any atom is -0.385 e. The van der Waals surface area contributed by atoms with E-state index in [-0.39, 0.29) is 11.7 Å². The van der Waals surface area contributed by atoms with Crippen LogP contribution in [0, 0.1) is 23.1 Å². The van der Waals surface area contributed by atoms with Gasteiger partial charge >= 0.3 is 0 Å². The second kappa shape index (κ2) is 9.45. The van der Waals surface area contributed by atoms with Crippen LogP contribution in [-0.4, -0.2) is 60.2 Å². The van der Waals surface area contributed by atoms with Crippen LogP contribution in [0.5, 0.6) is 0 Å². The zero-order valence-corrected chi connectivity index (χ0v) is 17.2. The average Bonchev–Trinajstić information content (AvgIpc) is 2.70. The number of likely N-dealkylation sites (tertiary alicyclic amines) is 1. The number of piperidine rings is 1. The first-order chi connectivity index (χ1) is 13.9. The number of nitriles is 1. The van der Waals surface area contributed by atoms with E-state index in [9.17, 15) is 14.8 Å². The average molecular weight is 397 g/mol. The summed E-state index contributed by atoms with van der Waals surface area (Å²) in [5, 5.41) is 20.8. The fraction of sp³-hybridized carbons (Fsp3) is 0.478. The van der Waals surface area contributed by atoms with Gasteiger partial charge in [-0.1, -0.05) is 12.1 Å². The second-order valence-corrected chi connectivity index (χ2v) is 8.24. The number of pyridine rings is 1. The summed E-state index contributed by atoms with van der Waals surface area (Å²) in [6, 6.07) is 11.1. The molecule has 1 saturated heterocycles.